The van der Waals surface area contributed by atoms with Crippen LogP contribution in [-0.2, 0) is 6.61 Å². The van der Waals surface area contributed by atoms with Crippen LogP contribution in [0.15, 0.2) is 47.1 Å². The number of anilines is 1. The highest BCUT2D eigenvalue weighted by Gasteiger charge is 1.96. The first kappa shape index (κ1) is 11.0. The zero-order chi connectivity index (χ0) is 11.4. The summed E-state index contributed by atoms with van der Waals surface area (Å²) in [5, 5.41) is 0. The molecule has 2 aromatic rings. The van der Waals surface area contributed by atoms with E-state index in [9.17, 15) is 0 Å². The van der Waals surface area contributed by atoms with Crippen molar-refractivity contribution in [3.63, 3.8) is 0 Å². The SMILES string of the molecule is Nc1ccc(COc2ccc(Br)cc2)cn1. The quantitative estimate of drug-likeness (QED) is 0.939. The van der Waals surface area contributed by atoms with Gasteiger partial charge in [0.15, 0.2) is 0 Å². The minimum atomic E-state index is 0.495. The van der Waals surface area contributed by atoms with E-state index in [4.69, 9.17) is 10.5 Å². The van der Waals surface area contributed by atoms with Gasteiger partial charge in [-0.2, -0.15) is 0 Å². The highest BCUT2D eigenvalue weighted by Crippen LogP contribution is 2.17. The molecule has 0 saturated heterocycles. The zero-order valence-corrected chi connectivity index (χ0v) is 10.1. The van der Waals surface area contributed by atoms with Gasteiger partial charge in [-0.15, -0.1) is 0 Å². The Morgan fingerprint density at radius 2 is 1.88 bits per heavy atom. The lowest BCUT2D eigenvalue weighted by atomic mass is 10.3. The van der Waals surface area contributed by atoms with Crippen LogP contribution in [0.4, 0.5) is 5.82 Å². The minimum Gasteiger partial charge on any atom is -0.489 e. The molecule has 0 unspecified atom stereocenters. The zero-order valence-electron chi connectivity index (χ0n) is 8.56. The second kappa shape index (κ2) is 4.99. The third-order valence-electron chi connectivity index (χ3n) is 2.07. The molecule has 2 N–H and O–H groups in total. The summed E-state index contributed by atoms with van der Waals surface area (Å²) in [5.41, 5.74) is 6.49. The number of benzene rings is 1. The van der Waals surface area contributed by atoms with Crippen molar-refractivity contribution in [1.29, 1.82) is 0 Å². The molecule has 0 aliphatic heterocycles. The van der Waals surface area contributed by atoms with Crippen molar-refractivity contribution in [2.24, 2.45) is 0 Å². The number of nitrogens with zero attached hydrogens (tertiary/aromatic N) is 1. The molecule has 0 radical (unpaired) electrons. The van der Waals surface area contributed by atoms with Crippen molar-refractivity contribution in [2.75, 3.05) is 5.73 Å². The van der Waals surface area contributed by atoms with E-state index in [1.807, 2.05) is 30.3 Å². The number of rotatable bonds is 3. The third-order valence-corrected chi connectivity index (χ3v) is 2.60. The molecule has 1 aromatic carbocycles. The molecule has 0 bridgehead atoms. The van der Waals surface area contributed by atoms with Crippen LogP contribution in [-0.4, -0.2) is 4.98 Å². The molecule has 3 nitrogen and oxygen atoms in total. The largest absolute Gasteiger partial charge is 0.489 e. The fourth-order valence-corrected chi connectivity index (χ4v) is 1.48. The molecule has 0 atom stereocenters. The van der Waals surface area contributed by atoms with Crippen LogP contribution in [0.1, 0.15) is 5.56 Å². The van der Waals surface area contributed by atoms with Gasteiger partial charge in [0.1, 0.15) is 18.2 Å². The van der Waals surface area contributed by atoms with Gasteiger partial charge in [0.05, 0.1) is 0 Å². The Bertz CT molecular complexity index is 408. The molecule has 0 saturated carbocycles. The molecule has 0 amide bonds. The summed E-state index contributed by atoms with van der Waals surface area (Å²) in [6.45, 7) is 0.495. The third kappa shape index (κ3) is 2.97. The van der Waals surface area contributed by atoms with Crippen LogP contribution in [0.2, 0.25) is 0 Å². The Hall–Kier alpha value is -1.55. The number of pyridine rings is 1. The fourth-order valence-electron chi connectivity index (χ4n) is 1.22. The van der Waals surface area contributed by atoms with E-state index in [0.29, 0.717) is 12.4 Å². The van der Waals surface area contributed by atoms with Crippen LogP contribution < -0.4 is 10.5 Å². The predicted molar refractivity (Wildman–Crippen MR) is 67.1 cm³/mol. The molecule has 1 aromatic heterocycles. The van der Waals surface area contributed by atoms with Crippen molar-refractivity contribution in [2.45, 2.75) is 6.61 Å². The first-order valence-corrected chi connectivity index (χ1v) is 5.62. The van der Waals surface area contributed by atoms with E-state index in [1.54, 1.807) is 12.3 Å². The molecular weight excluding hydrogens is 268 g/mol. The van der Waals surface area contributed by atoms with Crippen LogP contribution in [0.25, 0.3) is 0 Å². The van der Waals surface area contributed by atoms with Crippen LogP contribution in [0.5, 0.6) is 5.75 Å². The summed E-state index contributed by atoms with van der Waals surface area (Å²) >= 11 is 3.37. The van der Waals surface area contributed by atoms with Gasteiger partial charge in [-0.1, -0.05) is 22.0 Å². The standard InChI is InChI=1S/C12H11BrN2O/c13-10-2-4-11(5-3-10)16-8-9-1-6-12(14)15-7-9/h1-7H,8H2,(H2,14,15). The average molecular weight is 279 g/mol. The minimum absolute atomic E-state index is 0.495. The summed E-state index contributed by atoms with van der Waals surface area (Å²) in [7, 11) is 0. The van der Waals surface area contributed by atoms with E-state index in [-0.39, 0.29) is 0 Å². The normalized spacial score (nSPS) is 10.1. The number of nitrogens with two attached hydrogens (primary N) is 1. The van der Waals surface area contributed by atoms with E-state index in [0.717, 1.165) is 15.8 Å². The van der Waals surface area contributed by atoms with Gasteiger partial charge in [0.25, 0.3) is 0 Å². The molecule has 0 aliphatic carbocycles. The van der Waals surface area contributed by atoms with Crippen molar-refractivity contribution in [1.82, 2.24) is 4.98 Å². The Labute approximate surface area is 102 Å². The predicted octanol–water partition coefficient (Wildman–Crippen LogP) is 3.01. The molecule has 2 rings (SSSR count). The maximum Gasteiger partial charge on any atom is 0.123 e. The molecule has 0 fully saturated rings. The molecule has 0 spiro atoms. The topological polar surface area (TPSA) is 48.1 Å². The Kier molecular flexibility index (Phi) is 3.41. The number of aromatic nitrogens is 1. The van der Waals surface area contributed by atoms with Crippen molar-refractivity contribution in [3.8, 4) is 5.75 Å². The summed E-state index contributed by atoms with van der Waals surface area (Å²) < 4.78 is 6.62. The maximum absolute atomic E-state index is 5.59. The van der Waals surface area contributed by atoms with Crippen molar-refractivity contribution in [3.05, 3.63) is 52.6 Å². The molecule has 0 aliphatic rings. The van der Waals surface area contributed by atoms with E-state index in [1.165, 1.54) is 0 Å². The Morgan fingerprint density at radius 3 is 2.50 bits per heavy atom. The number of hydrogen-bond acceptors (Lipinski definition) is 3. The van der Waals surface area contributed by atoms with E-state index < -0.39 is 0 Å². The number of hydrogen-bond donors (Lipinski definition) is 1. The van der Waals surface area contributed by atoms with Gasteiger partial charge in [-0.3, -0.25) is 0 Å². The number of ether oxygens (including phenoxy) is 1. The summed E-state index contributed by atoms with van der Waals surface area (Å²) in [5.74, 6) is 1.35. The molecule has 16 heavy (non-hydrogen) atoms. The smallest absolute Gasteiger partial charge is 0.123 e. The van der Waals surface area contributed by atoms with Gasteiger partial charge in [-0.05, 0) is 30.3 Å². The van der Waals surface area contributed by atoms with Crippen LogP contribution >= 0.6 is 15.9 Å². The second-order valence-corrected chi connectivity index (χ2v) is 4.25. The van der Waals surface area contributed by atoms with Gasteiger partial charge >= 0.3 is 0 Å². The molecular formula is C12H11BrN2O. The number of nitrogen functional groups attached to an aromatic ring is 1. The first-order chi connectivity index (χ1) is 7.74. The Morgan fingerprint density at radius 1 is 1.12 bits per heavy atom. The number of halogens is 1. The van der Waals surface area contributed by atoms with Crippen molar-refractivity contribution < 1.29 is 4.74 Å². The van der Waals surface area contributed by atoms with Gasteiger partial charge < -0.3 is 10.5 Å². The monoisotopic (exact) mass is 278 g/mol. The van der Waals surface area contributed by atoms with E-state index >= 15 is 0 Å². The first-order valence-electron chi connectivity index (χ1n) is 4.83. The van der Waals surface area contributed by atoms with Gasteiger partial charge in [-0.25, -0.2) is 4.98 Å². The lowest BCUT2D eigenvalue weighted by molar-refractivity contribution is 0.306. The Balaban J connectivity index is 1.97. The van der Waals surface area contributed by atoms with Gasteiger partial charge in [0, 0.05) is 16.2 Å². The highest BCUT2D eigenvalue weighted by molar-refractivity contribution is 9.10. The second-order valence-electron chi connectivity index (χ2n) is 3.33. The van der Waals surface area contributed by atoms with Crippen LogP contribution in [0, 0.1) is 0 Å². The summed E-state index contributed by atoms with van der Waals surface area (Å²) in [4.78, 5) is 4.00. The molecule has 4 heteroatoms. The molecule has 82 valence electrons. The maximum atomic E-state index is 5.59. The highest BCUT2D eigenvalue weighted by atomic mass is 79.9. The summed E-state index contributed by atoms with van der Waals surface area (Å²) in [6, 6.07) is 11.4. The van der Waals surface area contributed by atoms with Crippen molar-refractivity contribution >= 4 is 21.7 Å². The fraction of sp³-hybridized carbons (Fsp3) is 0.0833. The van der Waals surface area contributed by atoms with Crippen LogP contribution in [0.3, 0.4) is 0 Å². The lowest BCUT2D eigenvalue weighted by Gasteiger charge is -2.05. The summed E-state index contributed by atoms with van der Waals surface area (Å²) in [6.07, 6.45) is 1.72. The van der Waals surface area contributed by atoms with Gasteiger partial charge in [0.2, 0.25) is 0 Å². The van der Waals surface area contributed by atoms with E-state index in [2.05, 4.69) is 20.9 Å². The molecule has 1 heterocycles. The lowest BCUT2D eigenvalue weighted by Crippen LogP contribution is -1.97. The average Bonchev–Trinajstić information content (AvgIpc) is 2.30.